The molecule has 0 amide bonds. The first-order valence-electron chi connectivity index (χ1n) is 7.81. The third-order valence-corrected chi connectivity index (χ3v) is 4.40. The van der Waals surface area contributed by atoms with E-state index in [4.69, 9.17) is 5.26 Å². The summed E-state index contributed by atoms with van der Waals surface area (Å²) in [6.07, 6.45) is 6.13. The molecule has 1 heterocycles. The normalized spacial score (nSPS) is 25.7. The van der Waals surface area contributed by atoms with Gasteiger partial charge in [-0.1, -0.05) is 6.92 Å². The zero-order valence-corrected chi connectivity index (χ0v) is 12.4. The molecular formula is C15H28N4. The van der Waals surface area contributed by atoms with Crippen molar-refractivity contribution in [2.75, 3.05) is 33.2 Å². The van der Waals surface area contributed by atoms with Crippen molar-refractivity contribution in [1.82, 2.24) is 15.1 Å². The van der Waals surface area contributed by atoms with E-state index in [9.17, 15) is 0 Å². The molecule has 1 saturated heterocycles. The molecule has 4 nitrogen and oxygen atoms in total. The van der Waals surface area contributed by atoms with Gasteiger partial charge in [0.15, 0.2) is 0 Å². The fourth-order valence-electron chi connectivity index (χ4n) is 3.04. The largest absolute Gasteiger partial charge is 0.305 e. The third-order valence-electron chi connectivity index (χ3n) is 4.40. The molecule has 0 aromatic heterocycles. The Morgan fingerprint density at radius 2 is 2.21 bits per heavy atom. The summed E-state index contributed by atoms with van der Waals surface area (Å²) in [7, 11) is 2.19. The zero-order chi connectivity index (χ0) is 13.7. The van der Waals surface area contributed by atoms with Crippen LogP contribution in [0.3, 0.4) is 0 Å². The summed E-state index contributed by atoms with van der Waals surface area (Å²) < 4.78 is 0. The van der Waals surface area contributed by atoms with Crippen molar-refractivity contribution < 1.29 is 0 Å². The van der Waals surface area contributed by atoms with Gasteiger partial charge in [-0.25, -0.2) is 0 Å². The third kappa shape index (κ3) is 4.76. The van der Waals surface area contributed by atoms with Gasteiger partial charge in [-0.05, 0) is 52.2 Å². The van der Waals surface area contributed by atoms with Crippen molar-refractivity contribution in [3.05, 3.63) is 0 Å². The maximum absolute atomic E-state index is 9.14. The number of hydrogen-bond donors (Lipinski definition) is 1. The van der Waals surface area contributed by atoms with Gasteiger partial charge in [0, 0.05) is 25.2 Å². The first kappa shape index (κ1) is 14.8. The fourth-order valence-corrected chi connectivity index (χ4v) is 3.04. The number of nitriles is 1. The molecule has 1 aliphatic carbocycles. The average Bonchev–Trinajstić information content (AvgIpc) is 3.12. The fraction of sp³-hybridized carbons (Fsp3) is 0.933. The van der Waals surface area contributed by atoms with E-state index in [-0.39, 0.29) is 6.04 Å². The predicted molar refractivity (Wildman–Crippen MR) is 77.9 cm³/mol. The van der Waals surface area contributed by atoms with Crippen molar-refractivity contribution in [3.8, 4) is 6.07 Å². The van der Waals surface area contributed by atoms with Crippen LogP contribution in [0.4, 0.5) is 0 Å². The average molecular weight is 264 g/mol. The summed E-state index contributed by atoms with van der Waals surface area (Å²) in [6.45, 7) is 6.85. The second kappa shape index (κ2) is 7.23. The lowest BCUT2D eigenvalue weighted by Crippen LogP contribution is -2.40. The molecule has 2 atom stereocenters. The van der Waals surface area contributed by atoms with E-state index in [0.717, 1.165) is 25.6 Å². The van der Waals surface area contributed by atoms with Gasteiger partial charge in [-0.15, -0.1) is 0 Å². The van der Waals surface area contributed by atoms with E-state index in [1.54, 1.807) is 0 Å². The monoisotopic (exact) mass is 264 g/mol. The predicted octanol–water partition coefficient (Wildman–Crippen LogP) is 1.44. The molecule has 2 fully saturated rings. The Balaban J connectivity index is 1.65. The van der Waals surface area contributed by atoms with Gasteiger partial charge in [0.1, 0.15) is 0 Å². The molecule has 108 valence electrons. The van der Waals surface area contributed by atoms with Crippen LogP contribution in [0, 0.1) is 11.3 Å². The smallest absolute Gasteiger partial charge is 0.0967 e. The minimum atomic E-state index is 0.0424. The summed E-state index contributed by atoms with van der Waals surface area (Å²) in [4.78, 5) is 4.98. The van der Waals surface area contributed by atoms with Gasteiger partial charge in [0.25, 0.3) is 0 Å². The van der Waals surface area contributed by atoms with Crippen LogP contribution in [0.2, 0.25) is 0 Å². The second-order valence-corrected chi connectivity index (χ2v) is 6.10. The minimum absolute atomic E-state index is 0.0424. The van der Waals surface area contributed by atoms with Crippen molar-refractivity contribution in [2.24, 2.45) is 0 Å². The number of nitrogens with zero attached hydrogens (tertiary/aromatic N) is 3. The number of rotatable bonds is 8. The molecule has 0 bridgehead atoms. The van der Waals surface area contributed by atoms with E-state index in [2.05, 4.69) is 35.2 Å². The van der Waals surface area contributed by atoms with E-state index in [1.165, 1.54) is 38.8 Å². The van der Waals surface area contributed by atoms with E-state index in [0.29, 0.717) is 6.04 Å². The summed E-state index contributed by atoms with van der Waals surface area (Å²) in [6, 6.07) is 3.79. The summed E-state index contributed by atoms with van der Waals surface area (Å²) in [5.74, 6) is 0. The van der Waals surface area contributed by atoms with Crippen molar-refractivity contribution in [2.45, 2.75) is 57.2 Å². The van der Waals surface area contributed by atoms with Crippen LogP contribution < -0.4 is 5.32 Å². The van der Waals surface area contributed by atoms with Crippen LogP contribution in [0.1, 0.15) is 39.0 Å². The van der Waals surface area contributed by atoms with Crippen molar-refractivity contribution in [1.29, 1.82) is 5.26 Å². The highest BCUT2D eigenvalue weighted by Crippen LogP contribution is 2.20. The molecular weight excluding hydrogens is 236 g/mol. The van der Waals surface area contributed by atoms with Crippen LogP contribution in [0.15, 0.2) is 0 Å². The van der Waals surface area contributed by atoms with Gasteiger partial charge in [-0.3, -0.25) is 10.2 Å². The lowest BCUT2D eigenvalue weighted by molar-refractivity contribution is 0.195. The number of likely N-dealkylation sites (tertiary alicyclic amines) is 1. The highest BCUT2D eigenvalue weighted by molar-refractivity contribution is 4.96. The van der Waals surface area contributed by atoms with Crippen LogP contribution in [0.25, 0.3) is 0 Å². The summed E-state index contributed by atoms with van der Waals surface area (Å²) in [5, 5.41) is 12.6. The number of likely N-dealkylation sites (N-methyl/N-ethyl adjacent to an activating group) is 2. The topological polar surface area (TPSA) is 42.3 Å². The quantitative estimate of drug-likeness (QED) is 0.720. The van der Waals surface area contributed by atoms with E-state index in [1.807, 2.05) is 0 Å². The molecule has 4 heteroatoms. The Morgan fingerprint density at radius 1 is 1.42 bits per heavy atom. The first-order chi connectivity index (χ1) is 9.22. The zero-order valence-electron chi connectivity index (χ0n) is 12.4. The minimum Gasteiger partial charge on any atom is -0.305 e. The molecule has 2 aliphatic rings. The Bertz CT molecular complexity index is 308. The van der Waals surface area contributed by atoms with E-state index < -0.39 is 0 Å². The van der Waals surface area contributed by atoms with Crippen LogP contribution in [-0.4, -0.2) is 61.2 Å². The Kier molecular flexibility index (Phi) is 5.62. The molecule has 19 heavy (non-hydrogen) atoms. The molecule has 0 radical (unpaired) electrons. The lowest BCUT2D eigenvalue weighted by atomic mass is 10.2. The maximum Gasteiger partial charge on any atom is 0.0967 e. The highest BCUT2D eigenvalue weighted by atomic mass is 15.2. The Hall–Kier alpha value is -0.630. The summed E-state index contributed by atoms with van der Waals surface area (Å²) in [5.41, 5.74) is 0. The molecule has 1 saturated carbocycles. The number of nitrogens with one attached hydrogen (secondary N) is 1. The lowest BCUT2D eigenvalue weighted by Gasteiger charge is -2.28. The van der Waals surface area contributed by atoms with Gasteiger partial charge in [-0.2, -0.15) is 5.26 Å². The molecule has 0 aromatic carbocycles. The molecule has 0 spiro atoms. The second-order valence-electron chi connectivity index (χ2n) is 6.10. The SMILES string of the molecule is CCN1CCCC1CN(C)CCC(C#N)NC1CC1. The molecule has 0 aromatic rings. The molecule has 2 unspecified atom stereocenters. The van der Waals surface area contributed by atoms with Gasteiger partial charge >= 0.3 is 0 Å². The van der Waals surface area contributed by atoms with Crippen LogP contribution in [0.5, 0.6) is 0 Å². The molecule has 1 N–H and O–H groups in total. The van der Waals surface area contributed by atoms with Crippen molar-refractivity contribution in [3.63, 3.8) is 0 Å². The maximum atomic E-state index is 9.14. The van der Waals surface area contributed by atoms with Gasteiger partial charge in [0.05, 0.1) is 12.1 Å². The summed E-state index contributed by atoms with van der Waals surface area (Å²) >= 11 is 0. The number of hydrogen-bond acceptors (Lipinski definition) is 4. The Labute approximate surface area is 117 Å². The Morgan fingerprint density at radius 3 is 2.84 bits per heavy atom. The van der Waals surface area contributed by atoms with E-state index >= 15 is 0 Å². The molecule has 1 aliphatic heterocycles. The standard InChI is InChI=1S/C15H28N4/c1-3-19-9-4-5-15(19)12-18(2)10-8-14(11-16)17-13-6-7-13/h13-15,17H,3-10,12H2,1-2H3. The highest BCUT2D eigenvalue weighted by Gasteiger charge is 2.26. The van der Waals surface area contributed by atoms with Crippen LogP contribution >= 0.6 is 0 Å². The van der Waals surface area contributed by atoms with Crippen molar-refractivity contribution >= 4 is 0 Å². The van der Waals surface area contributed by atoms with Gasteiger partial charge < -0.3 is 4.90 Å². The van der Waals surface area contributed by atoms with Crippen LogP contribution in [-0.2, 0) is 0 Å². The molecule has 2 rings (SSSR count). The van der Waals surface area contributed by atoms with Gasteiger partial charge in [0.2, 0.25) is 0 Å². The first-order valence-corrected chi connectivity index (χ1v) is 7.81.